The molecule has 3 nitrogen and oxygen atoms in total. The van der Waals surface area contributed by atoms with E-state index in [0.717, 1.165) is 16.8 Å². The molecule has 0 heterocycles. The van der Waals surface area contributed by atoms with Gasteiger partial charge in [0.1, 0.15) is 17.5 Å². The maximum atomic E-state index is 13.0. The third-order valence-electron chi connectivity index (χ3n) is 3.34. The quantitative estimate of drug-likeness (QED) is 0.627. The number of hydrogen-bond donors (Lipinski definition) is 2. The van der Waals surface area contributed by atoms with Crippen LogP contribution in [-0.4, -0.2) is 11.7 Å². The molecule has 0 saturated carbocycles. The molecule has 21 heavy (non-hydrogen) atoms. The van der Waals surface area contributed by atoms with E-state index in [1.165, 1.54) is 12.1 Å². The van der Waals surface area contributed by atoms with Crippen molar-refractivity contribution in [2.75, 3.05) is 4.90 Å². The Morgan fingerprint density at radius 3 is 1.95 bits per heavy atom. The normalized spacial score (nSPS) is 10.3. The van der Waals surface area contributed by atoms with E-state index >= 15 is 0 Å². The fourth-order valence-corrected chi connectivity index (χ4v) is 2.34. The topological polar surface area (TPSA) is 50.9 Å². The predicted octanol–water partition coefficient (Wildman–Crippen LogP) is 4.27. The summed E-state index contributed by atoms with van der Waals surface area (Å²) in [5.41, 5.74) is 3.40. The third kappa shape index (κ3) is 2.99. The molecule has 0 spiro atoms. The van der Waals surface area contributed by atoms with Gasteiger partial charge in [0, 0.05) is 5.56 Å². The first-order valence-electron chi connectivity index (χ1n) is 6.68. The third-order valence-corrected chi connectivity index (χ3v) is 3.34. The lowest BCUT2D eigenvalue weighted by atomic mass is 10.1. The van der Waals surface area contributed by atoms with Gasteiger partial charge in [0.05, 0.1) is 5.69 Å². The summed E-state index contributed by atoms with van der Waals surface area (Å²) in [7, 11) is 0. The molecule has 0 radical (unpaired) electrons. The van der Waals surface area contributed by atoms with Crippen LogP contribution in [0, 0.1) is 30.5 Å². The number of nitrogens with one attached hydrogen (secondary N) is 2. The zero-order valence-electron chi connectivity index (χ0n) is 12.4. The fourth-order valence-electron chi connectivity index (χ4n) is 2.34. The minimum atomic E-state index is -0.336. The van der Waals surface area contributed by atoms with E-state index in [9.17, 15) is 4.39 Å². The van der Waals surface area contributed by atoms with Crippen molar-refractivity contribution in [2.45, 2.75) is 20.8 Å². The number of aryl methyl sites for hydroxylation is 2. The number of amidine groups is 2. The highest BCUT2D eigenvalue weighted by Crippen LogP contribution is 2.26. The Morgan fingerprint density at radius 1 is 0.952 bits per heavy atom. The van der Waals surface area contributed by atoms with E-state index in [-0.39, 0.29) is 17.5 Å². The zero-order chi connectivity index (χ0) is 15.6. The number of para-hydroxylation sites is 1. The lowest BCUT2D eigenvalue weighted by Gasteiger charge is -2.27. The minimum Gasteiger partial charge on any atom is -0.288 e. The van der Waals surface area contributed by atoms with Crippen molar-refractivity contribution in [1.29, 1.82) is 10.8 Å². The second-order valence-corrected chi connectivity index (χ2v) is 5.02. The lowest BCUT2D eigenvalue weighted by Crippen LogP contribution is -2.36. The number of rotatable bonds is 2. The molecule has 0 bridgehead atoms. The molecule has 2 rings (SSSR count). The van der Waals surface area contributed by atoms with Crippen LogP contribution in [0.3, 0.4) is 0 Å². The van der Waals surface area contributed by atoms with Crippen LogP contribution in [0.4, 0.5) is 10.1 Å². The van der Waals surface area contributed by atoms with Gasteiger partial charge in [-0.25, -0.2) is 4.39 Å². The van der Waals surface area contributed by atoms with Gasteiger partial charge >= 0.3 is 0 Å². The number of benzene rings is 2. The molecule has 108 valence electrons. The van der Waals surface area contributed by atoms with Crippen molar-refractivity contribution >= 4 is 17.4 Å². The van der Waals surface area contributed by atoms with Crippen molar-refractivity contribution in [1.82, 2.24) is 0 Å². The average Bonchev–Trinajstić information content (AvgIpc) is 2.42. The maximum Gasteiger partial charge on any atom is 0.138 e. The highest BCUT2D eigenvalue weighted by atomic mass is 19.1. The molecule has 2 N–H and O–H groups in total. The van der Waals surface area contributed by atoms with Gasteiger partial charge in [-0.15, -0.1) is 0 Å². The molecule has 0 unspecified atom stereocenters. The molecule has 0 aromatic heterocycles. The maximum absolute atomic E-state index is 13.0. The molecule has 0 fully saturated rings. The number of halogens is 1. The Hall–Kier alpha value is -2.49. The second-order valence-electron chi connectivity index (χ2n) is 5.02. The van der Waals surface area contributed by atoms with E-state index in [1.807, 2.05) is 32.0 Å². The molecule has 0 atom stereocenters. The highest BCUT2D eigenvalue weighted by Gasteiger charge is 2.19. The van der Waals surface area contributed by atoms with Crippen LogP contribution >= 0.6 is 0 Å². The minimum absolute atomic E-state index is 0.167. The van der Waals surface area contributed by atoms with Crippen LogP contribution < -0.4 is 4.90 Å². The monoisotopic (exact) mass is 283 g/mol. The first-order chi connectivity index (χ1) is 9.91. The van der Waals surface area contributed by atoms with Crippen molar-refractivity contribution in [3.63, 3.8) is 0 Å². The van der Waals surface area contributed by atoms with Crippen molar-refractivity contribution in [2.24, 2.45) is 0 Å². The van der Waals surface area contributed by atoms with E-state index in [1.54, 1.807) is 24.0 Å². The molecule has 2 aromatic rings. The number of anilines is 1. The Morgan fingerprint density at radius 2 is 1.48 bits per heavy atom. The van der Waals surface area contributed by atoms with Crippen LogP contribution in [0.5, 0.6) is 0 Å². The fraction of sp³-hybridized carbons (Fsp3) is 0.176. The highest BCUT2D eigenvalue weighted by molar-refractivity contribution is 6.23. The Kier molecular flexibility index (Phi) is 4.17. The summed E-state index contributed by atoms with van der Waals surface area (Å²) in [6.07, 6.45) is 0. The summed E-state index contributed by atoms with van der Waals surface area (Å²) < 4.78 is 13.0. The van der Waals surface area contributed by atoms with E-state index in [0.29, 0.717) is 5.56 Å². The first kappa shape index (κ1) is 14.9. The van der Waals surface area contributed by atoms with Gasteiger partial charge in [0.2, 0.25) is 0 Å². The largest absolute Gasteiger partial charge is 0.288 e. The van der Waals surface area contributed by atoms with Gasteiger partial charge < -0.3 is 0 Å². The second kappa shape index (κ2) is 5.87. The zero-order valence-corrected chi connectivity index (χ0v) is 12.4. The lowest BCUT2D eigenvalue weighted by molar-refractivity contribution is 0.628. The first-order valence-corrected chi connectivity index (χ1v) is 6.68. The van der Waals surface area contributed by atoms with Crippen molar-refractivity contribution < 1.29 is 4.39 Å². The molecule has 4 heteroatoms. The number of hydrogen-bond acceptors (Lipinski definition) is 2. The van der Waals surface area contributed by atoms with E-state index in [4.69, 9.17) is 10.8 Å². The van der Waals surface area contributed by atoms with Gasteiger partial charge in [0.15, 0.2) is 0 Å². The van der Waals surface area contributed by atoms with Crippen LogP contribution in [0.15, 0.2) is 42.5 Å². The van der Waals surface area contributed by atoms with Crippen LogP contribution in [0.25, 0.3) is 0 Å². The van der Waals surface area contributed by atoms with Gasteiger partial charge in [-0.2, -0.15) is 0 Å². The average molecular weight is 283 g/mol. The Bertz CT molecular complexity index is 669. The van der Waals surface area contributed by atoms with Crippen molar-refractivity contribution in [3.05, 3.63) is 65.0 Å². The smallest absolute Gasteiger partial charge is 0.138 e. The molecular formula is C17H18FN3. The summed E-state index contributed by atoms with van der Waals surface area (Å²) in [5.74, 6) is 0.0818. The van der Waals surface area contributed by atoms with Crippen molar-refractivity contribution in [3.8, 4) is 0 Å². The van der Waals surface area contributed by atoms with Crippen LogP contribution in [0.2, 0.25) is 0 Å². The van der Waals surface area contributed by atoms with Gasteiger partial charge in [0.25, 0.3) is 0 Å². The molecule has 0 aliphatic rings. The van der Waals surface area contributed by atoms with E-state index < -0.39 is 0 Å². The summed E-state index contributed by atoms with van der Waals surface area (Å²) >= 11 is 0. The molecule has 0 aliphatic carbocycles. The molecule has 0 saturated heterocycles. The predicted molar refractivity (Wildman–Crippen MR) is 85.0 cm³/mol. The number of nitrogens with zero attached hydrogens (tertiary/aromatic N) is 1. The Balaban J connectivity index is 2.52. The molecule has 2 aromatic carbocycles. The summed E-state index contributed by atoms with van der Waals surface area (Å²) in [6.45, 7) is 5.55. The SMILES string of the molecule is CC(=N)N(C(=N)c1ccc(F)cc1)c1c(C)cccc1C. The van der Waals surface area contributed by atoms with Gasteiger partial charge in [-0.1, -0.05) is 18.2 Å². The van der Waals surface area contributed by atoms with Crippen LogP contribution in [0.1, 0.15) is 23.6 Å². The summed E-state index contributed by atoms with van der Waals surface area (Å²) in [6, 6.07) is 11.6. The summed E-state index contributed by atoms with van der Waals surface area (Å²) in [4.78, 5) is 1.58. The van der Waals surface area contributed by atoms with Crippen LogP contribution in [-0.2, 0) is 0 Å². The molecular weight excluding hydrogens is 265 g/mol. The van der Waals surface area contributed by atoms with Gasteiger partial charge in [-0.05, 0) is 56.2 Å². The standard InChI is InChI=1S/C17H18FN3/c1-11-5-4-6-12(2)16(11)21(13(3)19)17(20)14-7-9-15(18)10-8-14/h4-10,19-20H,1-3H3. The van der Waals surface area contributed by atoms with Gasteiger partial charge in [-0.3, -0.25) is 15.7 Å². The van der Waals surface area contributed by atoms with E-state index in [2.05, 4.69) is 0 Å². The Labute approximate surface area is 124 Å². The molecule has 0 aliphatic heterocycles. The summed E-state index contributed by atoms with van der Waals surface area (Å²) in [5, 5.41) is 16.4. The molecule has 0 amide bonds.